The molecule has 0 bridgehead atoms. The quantitative estimate of drug-likeness (QED) is 0.811. The van der Waals surface area contributed by atoms with Crippen molar-refractivity contribution in [3.8, 4) is 5.75 Å². The van der Waals surface area contributed by atoms with Gasteiger partial charge in [-0.1, -0.05) is 0 Å². The number of nitrogens with zero attached hydrogens (tertiary/aromatic N) is 1. The maximum Gasteiger partial charge on any atom is 0.251 e. The van der Waals surface area contributed by atoms with Crippen LogP contribution in [0.4, 0.5) is 0 Å². The number of ether oxygens (including phenoxy) is 1. The number of hydrogen-bond acceptors (Lipinski definition) is 3. The number of likely N-dealkylation sites (N-methyl/N-ethyl adjacent to an activating group) is 1. The second-order valence-corrected chi connectivity index (χ2v) is 4.04. The summed E-state index contributed by atoms with van der Waals surface area (Å²) >= 11 is 0. The molecule has 0 saturated heterocycles. The van der Waals surface area contributed by atoms with E-state index < -0.39 is 0 Å². The molecule has 0 heterocycles. The van der Waals surface area contributed by atoms with E-state index in [1.54, 1.807) is 12.1 Å². The minimum Gasteiger partial charge on any atom is -0.492 e. The van der Waals surface area contributed by atoms with Crippen molar-refractivity contribution in [2.45, 2.75) is 6.92 Å². The molecule has 0 unspecified atom stereocenters. The average Bonchev–Trinajstić information content (AvgIpc) is 2.30. The number of hydrogen-bond donors (Lipinski definition) is 1. The first-order chi connectivity index (χ1) is 8.13. The zero-order chi connectivity index (χ0) is 12.7. The van der Waals surface area contributed by atoms with Crippen LogP contribution in [-0.2, 0) is 0 Å². The molecule has 0 aliphatic carbocycles. The zero-order valence-electron chi connectivity index (χ0n) is 10.7. The summed E-state index contributed by atoms with van der Waals surface area (Å²) < 4.78 is 5.54. The first kappa shape index (κ1) is 13.5. The van der Waals surface area contributed by atoms with Gasteiger partial charge in [-0.25, -0.2) is 0 Å². The van der Waals surface area contributed by atoms with Gasteiger partial charge < -0.3 is 15.0 Å². The predicted molar refractivity (Wildman–Crippen MR) is 68.5 cm³/mol. The number of rotatable bonds is 6. The van der Waals surface area contributed by atoms with Gasteiger partial charge in [-0.2, -0.15) is 0 Å². The molecule has 0 spiro atoms. The minimum atomic E-state index is -0.0488. The van der Waals surface area contributed by atoms with Gasteiger partial charge in [0, 0.05) is 18.7 Å². The molecule has 0 atom stereocenters. The third kappa shape index (κ3) is 4.87. The summed E-state index contributed by atoms with van der Waals surface area (Å²) in [6.07, 6.45) is 0. The number of nitrogens with one attached hydrogen (secondary N) is 1. The van der Waals surface area contributed by atoms with Gasteiger partial charge >= 0.3 is 0 Å². The lowest BCUT2D eigenvalue weighted by molar-refractivity contribution is 0.0956. The van der Waals surface area contributed by atoms with Gasteiger partial charge in [-0.15, -0.1) is 0 Å². The highest BCUT2D eigenvalue weighted by molar-refractivity contribution is 5.94. The van der Waals surface area contributed by atoms with Crippen molar-refractivity contribution in [2.75, 3.05) is 33.8 Å². The Labute approximate surface area is 103 Å². The first-order valence-electron chi connectivity index (χ1n) is 5.79. The molecule has 0 aliphatic heterocycles. The Morgan fingerprint density at radius 1 is 1.29 bits per heavy atom. The number of benzene rings is 1. The van der Waals surface area contributed by atoms with Crippen LogP contribution in [0.5, 0.6) is 5.75 Å². The van der Waals surface area contributed by atoms with Crippen LogP contribution < -0.4 is 10.1 Å². The van der Waals surface area contributed by atoms with Gasteiger partial charge in [0.05, 0.1) is 0 Å². The van der Waals surface area contributed by atoms with Crippen molar-refractivity contribution in [3.05, 3.63) is 29.8 Å². The molecule has 1 N–H and O–H groups in total. The maximum atomic E-state index is 11.5. The number of amides is 1. The number of carbonyl (C=O) groups excluding carboxylic acids is 1. The van der Waals surface area contributed by atoms with Crippen LogP contribution in [0.3, 0.4) is 0 Å². The van der Waals surface area contributed by atoms with Crippen molar-refractivity contribution < 1.29 is 9.53 Å². The molecule has 0 radical (unpaired) electrons. The van der Waals surface area contributed by atoms with Crippen molar-refractivity contribution in [2.24, 2.45) is 0 Å². The fraction of sp³-hybridized carbons (Fsp3) is 0.462. The SMILES string of the molecule is CCNC(=O)c1ccc(OCCN(C)C)cc1. The zero-order valence-corrected chi connectivity index (χ0v) is 10.7. The third-order valence-electron chi connectivity index (χ3n) is 2.26. The molecule has 17 heavy (non-hydrogen) atoms. The van der Waals surface area contributed by atoms with Crippen LogP contribution >= 0.6 is 0 Å². The van der Waals surface area contributed by atoms with Crippen molar-refractivity contribution in [1.82, 2.24) is 10.2 Å². The second-order valence-electron chi connectivity index (χ2n) is 4.04. The summed E-state index contributed by atoms with van der Waals surface area (Å²) in [4.78, 5) is 13.6. The Morgan fingerprint density at radius 2 is 1.94 bits per heavy atom. The number of carbonyl (C=O) groups is 1. The van der Waals surface area contributed by atoms with E-state index >= 15 is 0 Å². The summed E-state index contributed by atoms with van der Waals surface area (Å²) in [6, 6.07) is 7.19. The fourth-order valence-electron chi connectivity index (χ4n) is 1.31. The Morgan fingerprint density at radius 3 is 2.47 bits per heavy atom. The monoisotopic (exact) mass is 236 g/mol. The van der Waals surface area contributed by atoms with Crippen molar-refractivity contribution in [1.29, 1.82) is 0 Å². The first-order valence-corrected chi connectivity index (χ1v) is 5.79. The van der Waals surface area contributed by atoms with E-state index in [2.05, 4.69) is 10.2 Å². The molecular weight excluding hydrogens is 216 g/mol. The molecule has 94 valence electrons. The Bertz CT molecular complexity index is 347. The van der Waals surface area contributed by atoms with Crippen LogP contribution in [-0.4, -0.2) is 44.6 Å². The topological polar surface area (TPSA) is 41.6 Å². The Kier molecular flexibility index (Phi) is 5.49. The highest BCUT2D eigenvalue weighted by atomic mass is 16.5. The normalized spacial score (nSPS) is 10.4. The molecule has 0 saturated carbocycles. The van der Waals surface area contributed by atoms with Crippen LogP contribution in [0.25, 0.3) is 0 Å². The average molecular weight is 236 g/mol. The lowest BCUT2D eigenvalue weighted by atomic mass is 10.2. The van der Waals surface area contributed by atoms with Crippen LogP contribution in [0.15, 0.2) is 24.3 Å². The van der Waals surface area contributed by atoms with Gasteiger partial charge in [0.1, 0.15) is 12.4 Å². The molecule has 0 fully saturated rings. The van der Waals surface area contributed by atoms with E-state index in [0.717, 1.165) is 12.3 Å². The molecule has 4 heteroatoms. The molecule has 1 aromatic rings. The molecule has 1 amide bonds. The van der Waals surface area contributed by atoms with Crippen molar-refractivity contribution in [3.63, 3.8) is 0 Å². The smallest absolute Gasteiger partial charge is 0.251 e. The van der Waals surface area contributed by atoms with Gasteiger partial charge in [0.15, 0.2) is 0 Å². The molecule has 0 aliphatic rings. The molecule has 1 rings (SSSR count). The van der Waals surface area contributed by atoms with E-state index in [-0.39, 0.29) is 5.91 Å². The van der Waals surface area contributed by atoms with Crippen LogP contribution in [0, 0.1) is 0 Å². The summed E-state index contributed by atoms with van der Waals surface area (Å²) in [5.74, 6) is 0.743. The summed E-state index contributed by atoms with van der Waals surface area (Å²) in [7, 11) is 4.00. The van der Waals surface area contributed by atoms with Crippen LogP contribution in [0.2, 0.25) is 0 Å². The predicted octanol–water partition coefficient (Wildman–Crippen LogP) is 1.38. The van der Waals surface area contributed by atoms with Crippen LogP contribution in [0.1, 0.15) is 17.3 Å². The van der Waals surface area contributed by atoms with Gasteiger partial charge in [-0.05, 0) is 45.3 Å². The standard InChI is InChI=1S/C13H20N2O2/c1-4-14-13(16)11-5-7-12(8-6-11)17-10-9-15(2)3/h5-8H,4,9-10H2,1-3H3,(H,14,16). The summed E-state index contributed by atoms with van der Waals surface area (Å²) in [6.45, 7) is 4.06. The maximum absolute atomic E-state index is 11.5. The van der Waals surface area contributed by atoms with Gasteiger partial charge in [-0.3, -0.25) is 4.79 Å². The molecule has 0 aromatic heterocycles. The van der Waals surface area contributed by atoms with Gasteiger partial charge in [0.2, 0.25) is 0 Å². The Hall–Kier alpha value is -1.55. The largest absolute Gasteiger partial charge is 0.492 e. The van der Waals surface area contributed by atoms with E-state index in [1.807, 2.05) is 33.2 Å². The third-order valence-corrected chi connectivity index (χ3v) is 2.26. The summed E-state index contributed by atoms with van der Waals surface area (Å²) in [5.41, 5.74) is 0.659. The highest BCUT2D eigenvalue weighted by Gasteiger charge is 2.03. The second kappa shape index (κ2) is 6.91. The Balaban J connectivity index is 2.47. The minimum absolute atomic E-state index is 0.0488. The highest BCUT2D eigenvalue weighted by Crippen LogP contribution is 2.11. The lowest BCUT2D eigenvalue weighted by Gasteiger charge is -2.11. The molecule has 4 nitrogen and oxygen atoms in total. The van der Waals surface area contributed by atoms with Crippen molar-refractivity contribution >= 4 is 5.91 Å². The fourth-order valence-corrected chi connectivity index (χ4v) is 1.31. The van der Waals surface area contributed by atoms with E-state index in [0.29, 0.717) is 18.7 Å². The molecular formula is C13H20N2O2. The molecule has 1 aromatic carbocycles. The van der Waals surface area contributed by atoms with E-state index in [4.69, 9.17) is 4.74 Å². The van der Waals surface area contributed by atoms with E-state index in [1.165, 1.54) is 0 Å². The lowest BCUT2D eigenvalue weighted by Crippen LogP contribution is -2.22. The summed E-state index contributed by atoms with van der Waals surface area (Å²) in [5, 5.41) is 2.75. The van der Waals surface area contributed by atoms with Gasteiger partial charge in [0.25, 0.3) is 5.91 Å². The van der Waals surface area contributed by atoms with E-state index in [9.17, 15) is 4.79 Å².